The summed E-state index contributed by atoms with van der Waals surface area (Å²) in [7, 11) is 0. The largest absolute Gasteiger partial charge is 0.448 e. The molecule has 2 rings (SSSR count). The van der Waals surface area contributed by atoms with E-state index >= 15 is 0 Å². The fraction of sp³-hybridized carbons (Fsp3) is 0.350. The van der Waals surface area contributed by atoms with Gasteiger partial charge in [-0.05, 0) is 46.8 Å². The van der Waals surface area contributed by atoms with Gasteiger partial charge in [0.1, 0.15) is 0 Å². The second-order valence-corrected chi connectivity index (χ2v) is 7.49. The minimum absolute atomic E-state index is 0.460. The molecule has 0 bridgehead atoms. The lowest BCUT2D eigenvalue weighted by Crippen LogP contribution is -2.50. The number of amides is 3. The van der Waals surface area contributed by atoms with E-state index in [-0.39, 0.29) is 0 Å². The predicted molar refractivity (Wildman–Crippen MR) is 106 cm³/mol. The molecule has 0 spiro atoms. The Kier molecular flexibility index (Phi) is 6.53. The molecule has 0 aliphatic heterocycles. The van der Waals surface area contributed by atoms with Crippen molar-refractivity contribution in [3.63, 3.8) is 0 Å². The van der Waals surface area contributed by atoms with Crippen LogP contribution < -0.4 is 16.1 Å². The number of aryl methyl sites for hydroxylation is 1. The average molecular weight is 400 g/mol. The van der Waals surface area contributed by atoms with E-state index in [1.165, 1.54) is 17.7 Å². The first-order chi connectivity index (χ1) is 13.5. The summed E-state index contributed by atoms with van der Waals surface area (Å²) in [5, 5.41) is 8.72. The molecule has 0 saturated carbocycles. The van der Waals surface area contributed by atoms with Gasteiger partial charge in [0.25, 0.3) is 5.91 Å². The summed E-state index contributed by atoms with van der Waals surface area (Å²) in [4.78, 5) is 48.5. The average Bonchev–Trinajstić information content (AvgIpc) is 2.60. The van der Waals surface area contributed by atoms with E-state index in [2.05, 4.69) is 15.7 Å². The molecule has 2 aromatic rings. The van der Waals surface area contributed by atoms with E-state index in [1.54, 1.807) is 52.0 Å². The highest BCUT2D eigenvalue weighted by Gasteiger charge is 2.25. The number of nitrogens with one attached hydrogen (secondary N) is 2. The van der Waals surface area contributed by atoms with Crippen LogP contribution >= 0.6 is 0 Å². The number of para-hydroxylation sites is 1. The van der Waals surface area contributed by atoms with Crippen LogP contribution in [0.5, 0.6) is 0 Å². The van der Waals surface area contributed by atoms with Gasteiger partial charge in [-0.2, -0.15) is 5.10 Å². The molecule has 0 aliphatic rings. The number of ether oxygens (including phenoxy) is 1. The quantitative estimate of drug-likeness (QED) is 0.754. The second-order valence-electron chi connectivity index (χ2n) is 7.49. The molecule has 1 unspecified atom stereocenters. The first-order valence-corrected chi connectivity index (χ1v) is 8.98. The predicted octanol–water partition coefficient (Wildman–Crippen LogP) is 1.71. The van der Waals surface area contributed by atoms with Crippen LogP contribution in [0.3, 0.4) is 0 Å². The maximum atomic E-state index is 12.4. The molecule has 2 N–H and O–H groups in total. The third kappa shape index (κ3) is 6.00. The van der Waals surface area contributed by atoms with Crippen LogP contribution in [0.1, 0.15) is 43.9 Å². The minimum Gasteiger partial charge on any atom is -0.448 e. The van der Waals surface area contributed by atoms with Gasteiger partial charge in [-0.25, -0.2) is 14.3 Å². The standard InChI is InChI=1S/C20H24N4O5/c1-12-11-15(25)16(23-24(12)14-9-7-6-8-10-14)18(27)29-13(2)17(26)21-19(28)22-20(3,4)5/h6-11,13H,1-5H3,(H2,21,22,26,28). The Hall–Kier alpha value is -3.49. The number of nitrogens with zero attached hydrogens (tertiary/aromatic N) is 2. The van der Waals surface area contributed by atoms with Gasteiger partial charge in [-0.3, -0.25) is 14.9 Å². The number of aromatic nitrogens is 2. The highest BCUT2D eigenvalue weighted by Crippen LogP contribution is 2.09. The van der Waals surface area contributed by atoms with Crippen molar-refractivity contribution in [2.75, 3.05) is 0 Å². The number of carbonyl (C=O) groups is 3. The first kappa shape index (κ1) is 21.8. The highest BCUT2D eigenvalue weighted by molar-refractivity contribution is 5.98. The number of hydrogen-bond donors (Lipinski definition) is 2. The highest BCUT2D eigenvalue weighted by atomic mass is 16.5. The van der Waals surface area contributed by atoms with Gasteiger partial charge < -0.3 is 10.1 Å². The Morgan fingerprint density at radius 2 is 1.76 bits per heavy atom. The molecule has 1 atom stereocenters. The zero-order valence-electron chi connectivity index (χ0n) is 17.0. The lowest BCUT2D eigenvalue weighted by Gasteiger charge is -2.21. The lowest BCUT2D eigenvalue weighted by molar-refractivity contribution is -0.127. The summed E-state index contributed by atoms with van der Waals surface area (Å²) in [5.41, 5.74) is -0.444. The fourth-order valence-electron chi connectivity index (χ4n) is 2.37. The maximum absolute atomic E-state index is 12.4. The summed E-state index contributed by atoms with van der Waals surface area (Å²) in [6.07, 6.45) is -1.30. The molecule has 9 heteroatoms. The van der Waals surface area contributed by atoms with E-state index < -0.39 is 40.7 Å². The van der Waals surface area contributed by atoms with Gasteiger partial charge in [0.05, 0.1) is 5.69 Å². The first-order valence-electron chi connectivity index (χ1n) is 8.98. The zero-order chi connectivity index (χ0) is 21.8. The van der Waals surface area contributed by atoms with Gasteiger partial charge >= 0.3 is 12.0 Å². The smallest absolute Gasteiger partial charge is 0.363 e. The van der Waals surface area contributed by atoms with Crippen molar-refractivity contribution in [2.45, 2.75) is 46.3 Å². The molecular formula is C20H24N4O5. The number of urea groups is 1. The molecule has 0 fully saturated rings. The van der Waals surface area contributed by atoms with E-state index in [0.717, 1.165) is 0 Å². The molecule has 9 nitrogen and oxygen atoms in total. The van der Waals surface area contributed by atoms with Crippen molar-refractivity contribution >= 4 is 17.9 Å². The molecule has 29 heavy (non-hydrogen) atoms. The van der Waals surface area contributed by atoms with Gasteiger partial charge in [0.2, 0.25) is 11.1 Å². The monoisotopic (exact) mass is 400 g/mol. The number of rotatable bonds is 4. The Morgan fingerprint density at radius 3 is 2.34 bits per heavy atom. The molecule has 1 aromatic carbocycles. The molecule has 1 aromatic heterocycles. The molecule has 1 heterocycles. The van der Waals surface area contributed by atoms with Crippen LogP contribution in [0.4, 0.5) is 4.79 Å². The van der Waals surface area contributed by atoms with Crippen LogP contribution in [0.15, 0.2) is 41.2 Å². The molecule has 0 saturated heterocycles. The van der Waals surface area contributed by atoms with Crippen LogP contribution in [0, 0.1) is 6.92 Å². The van der Waals surface area contributed by atoms with Crippen molar-refractivity contribution in [1.82, 2.24) is 20.4 Å². The third-order valence-electron chi connectivity index (χ3n) is 3.68. The van der Waals surface area contributed by atoms with Gasteiger partial charge in [0.15, 0.2) is 6.10 Å². The van der Waals surface area contributed by atoms with Crippen molar-refractivity contribution in [3.05, 3.63) is 58.0 Å². The summed E-state index contributed by atoms with van der Waals surface area (Å²) in [6.45, 7) is 8.23. The van der Waals surface area contributed by atoms with Crippen molar-refractivity contribution < 1.29 is 19.1 Å². The van der Waals surface area contributed by atoms with Crippen LogP contribution in [0.25, 0.3) is 5.69 Å². The van der Waals surface area contributed by atoms with Crippen molar-refractivity contribution in [3.8, 4) is 5.69 Å². The van der Waals surface area contributed by atoms with E-state index in [1.807, 2.05) is 6.07 Å². The van der Waals surface area contributed by atoms with Crippen LogP contribution in [-0.2, 0) is 9.53 Å². The molecular weight excluding hydrogens is 376 g/mol. The maximum Gasteiger partial charge on any atom is 0.363 e. The van der Waals surface area contributed by atoms with E-state index in [4.69, 9.17) is 4.74 Å². The Morgan fingerprint density at radius 1 is 1.14 bits per heavy atom. The Labute approximate surface area is 168 Å². The normalized spacial score (nSPS) is 12.0. The molecule has 0 aliphatic carbocycles. The summed E-state index contributed by atoms with van der Waals surface area (Å²) < 4.78 is 6.46. The third-order valence-corrected chi connectivity index (χ3v) is 3.68. The van der Waals surface area contributed by atoms with Crippen LogP contribution in [-0.4, -0.2) is 39.3 Å². The molecule has 0 radical (unpaired) electrons. The number of imide groups is 1. The fourth-order valence-corrected chi connectivity index (χ4v) is 2.37. The van der Waals surface area contributed by atoms with E-state index in [0.29, 0.717) is 11.4 Å². The Bertz CT molecular complexity index is 977. The number of benzene rings is 1. The molecule has 154 valence electrons. The lowest BCUT2D eigenvalue weighted by atomic mass is 10.1. The van der Waals surface area contributed by atoms with Gasteiger partial charge in [0, 0.05) is 17.3 Å². The topological polar surface area (TPSA) is 119 Å². The SMILES string of the molecule is Cc1cc(=O)c(C(=O)OC(C)C(=O)NC(=O)NC(C)(C)C)nn1-c1ccccc1. The number of esters is 1. The number of carbonyl (C=O) groups excluding carboxylic acids is 3. The van der Waals surface area contributed by atoms with Crippen LogP contribution in [0.2, 0.25) is 0 Å². The number of hydrogen-bond acceptors (Lipinski definition) is 6. The zero-order valence-corrected chi connectivity index (χ0v) is 17.0. The van der Waals surface area contributed by atoms with Gasteiger partial charge in [-0.1, -0.05) is 18.2 Å². The Balaban J connectivity index is 2.15. The second kappa shape index (κ2) is 8.68. The van der Waals surface area contributed by atoms with Gasteiger partial charge in [-0.15, -0.1) is 0 Å². The van der Waals surface area contributed by atoms with E-state index in [9.17, 15) is 19.2 Å². The van der Waals surface area contributed by atoms with Crippen molar-refractivity contribution in [1.29, 1.82) is 0 Å². The summed E-state index contributed by atoms with van der Waals surface area (Å²) in [6, 6.07) is 9.49. The summed E-state index contributed by atoms with van der Waals surface area (Å²) in [5.74, 6) is -1.88. The summed E-state index contributed by atoms with van der Waals surface area (Å²) >= 11 is 0. The minimum atomic E-state index is -1.30. The molecule has 3 amide bonds. The van der Waals surface area contributed by atoms with Crippen molar-refractivity contribution in [2.24, 2.45) is 0 Å².